The van der Waals surface area contributed by atoms with Crippen molar-refractivity contribution in [2.75, 3.05) is 20.1 Å². The van der Waals surface area contributed by atoms with E-state index in [0.29, 0.717) is 12.0 Å². The van der Waals surface area contributed by atoms with Crippen LogP contribution in [0.2, 0.25) is 0 Å². The lowest BCUT2D eigenvalue weighted by Crippen LogP contribution is -2.44. The fourth-order valence-electron chi connectivity index (χ4n) is 2.71. The first-order valence-corrected chi connectivity index (χ1v) is 8.78. The topological polar surface area (TPSA) is 92.5 Å². The minimum atomic E-state index is -3.74. The average Bonchev–Trinajstić information content (AvgIpc) is 2.54. The molecule has 0 amide bonds. The zero-order valence-electron chi connectivity index (χ0n) is 12.8. The minimum Gasteiger partial charge on any atom is -0.317 e. The third kappa shape index (κ3) is 3.29. The van der Waals surface area contributed by atoms with Crippen molar-refractivity contribution in [1.82, 2.24) is 9.62 Å². The number of non-ortho nitro benzene ring substituents is 1. The first-order chi connectivity index (χ1) is 10.4. The summed E-state index contributed by atoms with van der Waals surface area (Å²) in [5.74, 6) is 0. The van der Waals surface area contributed by atoms with Crippen LogP contribution >= 0.6 is 0 Å². The Morgan fingerprint density at radius 1 is 1.36 bits per heavy atom. The predicted octanol–water partition coefficient (Wildman–Crippen LogP) is 1.53. The maximum Gasteiger partial charge on any atom is 0.270 e. The number of sulfonamides is 1. The summed E-state index contributed by atoms with van der Waals surface area (Å²) in [6.07, 6.45) is 1.99. The summed E-state index contributed by atoms with van der Waals surface area (Å²) in [6, 6.07) is 3.98. The molecule has 0 radical (unpaired) electrons. The van der Waals surface area contributed by atoms with Crippen molar-refractivity contribution in [3.63, 3.8) is 0 Å². The molecule has 1 fully saturated rings. The van der Waals surface area contributed by atoms with Crippen LogP contribution in [0.1, 0.15) is 25.3 Å². The number of benzene rings is 1. The molecule has 1 heterocycles. The molecule has 1 aromatic carbocycles. The highest BCUT2D eigenvalue weighted by Gasteiger charge is 2.31. The molecule has 0 aromatic heterocycles. The van der Waals surface area contributed by atoms with Gasteiger partial charge >= 0.3 is 0 Å². The lowest BCUT2D eigenvalue weighted by molar-refractivity contribution is -0.385. The van der Waals surface area contributed by atoms with E-state index in [9.17, 15) is 18.5 Å². The van der Waals surface area contributed by atoms with Crippen molar-refractivity contribution in [2.24, 2.45) is 0 Å². The van der Waals surface area contributed by atoms with Gasteiger partial charge < -0.3 is 5.32 Å². The first kappa shape index (κ1) is 16.9. The van der Waals surface area contributed by atoms with Gasteiger partial charge in [-0.1, -0.05) is 13.0 Å². The molecule has 0 spiro atoms. The van der Waals surface area contributed by atoms with Crippen LogP contribution in [-0.4, -0.2) is 43.8 Å². The van der Waals surface area contributed by atoms with E-state index in [1.807, 2.05) is 6.92 Å². The van der Waals surface area contributed by atoms with Crippen molar-refractivity contribution < 1.29 is 13.3 Å². The molecule has 7 nitrogen and oxygen atoms in total. The lowest BCUT2D eigenvalue weighted by atomic mass is 10.1. The second-order valence-electron chi connectivity index (χ2n) is 5.41. The van der Waals surface area contributed by atoms with Gasteiger partial charge in [0.1, 0.15) is 0 Å². The third-order valence-electron chi connectivity index (χ3n) is 4.12. The second-order valence-corrected chi connectivity index (χ2v) is 7.37. The molecule has 1 N–H and O–H groups in total. The van der Waals surface area contributed by atoms with Crippen molar-refractivity contribution in [2.45, 2.75) is 37.1 Å². The summed E-state index contributed by atoms with van der Waals surface area (Å²) in [7, 11) is -2.18. The van der Waals surface area contributed by atoms with E-state index in [1.54, 1.807) is 7.05 Å². The van der Waals surface area contributed by atoms with Crippen LogP contribution in [0.15, 0.2) is 23.1 Å². The second kappa shape index (κ2) is 6.72. The molecule has 0 bridgehead atoms. The Labute approximate surface area is 130 Å². The molecule has 1 aliphatic heterocycles. The zero-order valence-corrected chi connectivity index (χ0v) is 13.6. The molecular formula is C14H21N3O4S. The molecule has 1 saturated heterocycles. The van der Waals surface area contributed by atoms with Gasteiger partial charge in [-0.2, -0.15) is 4.31 Å². The van der Waals surface area contributed by atoms with E-state index in [2.05, 4.69) is 5.32 Å². The summed E-state index contributed by atoms with van der Waals surface area (Å²) < 4.78 is 27.1. The summed E-state index contributed by atoms with van der Waals surface area (Å²) in [5, 5.41) is 14.1. The molecule has 8 heteroatoms. The Kier molecular flexibility index (Phi) is 5.15. The number of rotatable bonds is 5. The largest absolute Gasteiger partial charge is 0.317 e. The molecule has 0 aliphatic carbocycles. The maximum atomic E-state index is 12.9. The monoisotopic (exact) mass is 327 g/mol. The lowest BCUT2D eigenvalue weighted by Gasteiger charge is -2.31. The van der Waals surface area contributed by atoms with Crippen molar-refractivity contribution in [3.8, 4) is 0 Å². The van der Waals surface area contributed by atoms with Gasteiger partial charge in [0.2, 0.25) is 10.0 Å². The van der Waals surface area contributed by atoms with Crippen molar-refractivity contribution >= 4 is 15.7 Å². The number of hydrogen-bond donors (Lipinski definition) is 1. The SMILES string of the molecule is CCc1ccc([N+](=O)[O-])cc1S(=O)(=O)N(C)C1CCNCC1. The number of nitrogens with zero attached hydrogens (tertiary/aromatic N) is 2. The van der Waals surface area contributed by atoms with E-state index in [1.165, 1.54) is 22.5 Å². The normalized spacial score (nSPS) is 16.9. The molecule has 0 atom stereocenters. The predicted molar refractivity (Wildman–Crippen MR) is 83.3 cm³/mol. The molecule has 2 rings (SSSR count). The van der Waals surface area contributed by atoms with Gasteiger partial charge in [0.25, 0.3) is 5.69 Å². The van der Waals surface area contributed by atoms with Crippen LogP contribution in [0, 0.1) is 10.1 Å². The Morgan fingerprint density at radius 2 is 2.00 bits per heavy atom. The van der Waals surface area contributed by atoms with Gasteiger partial charge in [-0.3, -0.25) is 10.1 Å². The summed E-state index contributed by atoms with van der Waals surface area (Å²) in [6.45, 7) is 3.39. The van der Waals surface area contributed by atoms with Gasteiger partial charge in [0.15, 0.2) is 0 Å². The Morgan fingerprint density at radius 3 is 2.55 bits per heavy atom. The van der Waals surface area contributed by atoms with Crippen molar-refractivity contribution in [3.05, 3.63) is 33.9 Å². The molecular weight excluding hydrogens is 306 g/mol. The molecule has 22 heavy (non-hydrogen) atoms. The van der Waals surface area contributed by atoms with E-state index in [-0.39, 0.29) is 16.6 Å². The summed E-state index contributed by atoms with van der Waals surface area (Å²) in [4.78, 5) is 10.4. The zero-order chi connectivity index (χ0) is 16.3. The number of nitro groups is 1. The quantitative estimate of drug-likeness (QED) is 0.654. The highest BCUT2D eigenvalue weighted by Crippen LogP contribution is 2.27. The highest BCUT2D eigenvalue weighted by atomic mass is 32.2. The summed E-state index contributed by atoms with van der Waals surface area (Å²) >= 11 is 0. The first-order valence-electron chi connectivity index (χ1n) is 7.34. The van der Waals surface area contributed by atoms with Gasteiger partial charge in [0.05, 0.1) is 9.82 Å². The van der Waals surface area contributed by atoms with Gasteiger partial charge in [-0.05, 0) is 37.9 Å². The van der Waals surface area contributed by atoms with E-state index in [4.69, 9.17) is 0 Å². The molecule has 1 aromatic rings. The maximum absolute atomic E-state index is 12.9. The number of aryl methyl sites for hydroxylation is 1. The van der Waals surface area contributed by atoms with E-state index >= 15 is 0 Å². The minimum absolute atomic E-state index is 0.0465. The molecule has 0 saturated carbocycles. The number of piperidine rings is 1. The van der Waals surface area contributed by atoms with Crippen LogP contribution in [0.4, 0.5) is 5.69 Å². The van der Waals surface area contributed by atoms with Crippen LogP contribution in [0.25, 0.3) is 0 Å². The number of nitro benzene ring substituents is 1. The van der Waals surface area contributed by atoms with Crippen LogP contribution in [-0.2, 0) is 16.4 Å². The van der Waals surface area contributed by atoms with Gasteiger partial charge in [-0.15, -0.1) is 0 Å². The smallest absolute Gasteiger partial charge is 0.270 e. The van der Waals surface area contributed by atoms with E-state index < -0.39 is 14.9 Å². The van der Waals surface area contributed by atoms with Gasteiger partial charge in [-0.25, -0.2) is 8.42 Å². The molecule has 122 valence electrons. The van der Waals surface area contributed by atoms with Crippen LogP contribution < -0.4 is 5.32 Å². The third-order valence-corrected chi connectivity index (χ3v) is 6.11. The van der Waals surface area contributed by atoms with Crippen LogP contribution in [0.3, 0.4) is 0 Å². The van der Waals surface area contributed by atoms with E-state index in [0.717, 1.165) is 25.9 Å². The summed E-state index contributed by atoms with van der Waals surface area (Å²) in [5.41, 5.74) is 0.404. The Balaban J connectivity index is 2.42. The fourth-order valence-corrected chi connectivity index (χ4v) is 4.44. The number of nitrogens with one attached hydrogen (secondary N) is 1. The Bertz CT molecular complexity index is 654. The fraction of sp³-hybridized carbons (Fsp3) is 0.571. The van der Waals surface area contributed by atoms with Crippen molar-refractivity contribution in [1.29, 1.82) is 0 Å². The number of hydrogen-bond acceptors (Lipinski definition) is 5. The highest BCUT2D eigenvalue weighted by molar-refractivity contribution is 7.89. The molecule has 0 unspecified atom stereocenters. The Hall–Kier alpha value is -1.51. The van der Waals surface area contributed by atoms with Crippen LogP contribution in [0.5, 0.6) is 0 Å². The van der Waals surface area contributed by atoms with Gasteiger partial charge in [0, 0.05) is 25.2 Å². The molecule has 1 aliphatic rings. The standard InChI is InChI=1S/C14H21N3O4S/c1-3-11-4-5-13(17(18)19)10-14(11)22(20,21)16(2)12-6-8-15-9-7-12/h4-5,10,12,15H,3,6-9H2,1-2H3. The average molecular weight is 327 g/mol.